The number of amides is 1. The van der Waals surface area contributed by atoms with Gasteiger partial charge in [-0.05, 0) is 40.1 Å². The van der Waals surface area contributed by atoms with Gasteiger partial charge in [-0.15, -0.1) is 0 Å². The predicted octanol–water partition coefficient (Wildman–Crippen LogP) is 4.25. The first-order valence-corrected chi connectivity index (χ1v) is 8.42. The molecule has 3 rings (SSSR count). The standard InChI is InChI=1S/C21H18F3NO2/c22-21(23,24)18-9-5-14(6-10-18)11-20(27)25-13-19(26)17-8-7-15-3-1-2-4-16(15)12-17/h1-10,12,19,26H,11,13H2,(H,25,27). The molecule has 0 aromatic heterocycles. The van der Waals surface area contributed by atoms with Gasteiger partial charge in [-0.3, -0.25) is 4.79 Å². The number of fused-ring (bicyclic) bond motifs is 1. The van der Waals surface area contributed by atoms with Crippen LogP contribution in [-0.2, 0) is 17.4 Å². The van der Waals surface area contributed by atoms with Gasteiger partial charge in [0.05, 0.1) is 18.1 Å². The first kappa shape index (κ1) is 18.9. The molecule has 0 radical (unpaired) electrons. The van der Waals surface area contributed by atoms with E-state index >= 15 is 0 Å². The van der Waals surface area contributed by atoms with Crippen LogP contribution in [0.15, 0.2) is 66.7 Å². The Morgan fingerprint density at radius 2 is 1.63 bits per heavy atom. The third-order valence-corrected chi connectivity index (χ3v) is 4.30. The summed E-state index contributed by atoms with van der Waals surface area (Å²) in [4.78, 5) is 12.0. The zero-order valence-electron chi connectivity index (χ0n) is 14.3. The van der Waals surface area contributed by atoms with Gasteiger partial charge < -0.3 is 10.4 Å². The Balaban J connectivity index is 1.56. The van der Waals surface area contributed by atoms with Crippen LogP contribution < -0.4 is 5.32 Å². The topological polar surface area (TPSA) is 49.3 Å². The van der Waals surface area contributed by atoms with Crippen LogP contribution in [0.5, 0.6) is 0 Å². The van der Waals surface area contributed by atoms with Gasteiger partial charge >= 0.3 is 6.18 Å². The molecule has 3 aromatic carbocycles. The van der Waals surface area contributed by atoms with Crippen LogP contribution in [0.25, 0.3) is 10.8 Å². The van der Waals surface area contributed by atoms with E-state index in [1.807, 2.05) is 36.4 Å². The highest BCUT2D eigenvalue weighted by Gasteiger charge is 2.29. The van der Waals surface area contributed by atoms with E-state index in [-0.39, 0.29) is 18.9 Å². The van der Waals surface area contributed by atoms with Crippen molar-refractivity contribution in [1.82, 2.24) is 5.32 Å². The number of hydrogen-bond donors (Lipinski definition) is 2. The zero-order valence-corrected chi connectivity index (χ0v) is 14.3. The van der Waals surface area contributed by atoms with Crippen molar-refractivity contribution in [3.8, 4) is 0 Å². The average Bonchev–Trinajstić information content (AvgIpc) is 2.65. The second-order valence-electron chi connectivity index (χ2n) is 6.30. The lowest BCUT2D eigenvalue weighted by atomic mass is 10.0. The first-order valence-electron chi connectivity index (χ1n) is 8.42. The van der Waals surface area contributed by atoms with E-state index in [0.29, 0.717) is 11.1 Å². The molecule has 1 unspecified atom stereocenters. The largest absolute Gasteiger partial charge is 0.416 e. The first-order chi connectivity index (χ1) is 12.8. The van der Waals surface area contributed by atoms with Crippen molar-refractivity contribution < 1.29 is 23.1 Å². The predicted molar refractivity (Wildman–Crippen MR) is 97.1 cm³/mol. The van der Waals surface area contributed by atoms with Crippen molar-refractivity contribution in [2.75, 3.05) is 6.54 Å². The molecule has 0 saturated carbocycles. The van der Waals surface area contributed by atoms with Crippen LogP contribution in [-0.4, -0.2) is 17.6 Å². The van der Waals surface area contributed by atoms with Gasteiger partial charge in [-0.2, -0.15) is 13.2 Å². The van der Waals surface area contributed by atoms with Crippen LogP contribution >= 0.6 is 0 Å². The quantitative estimate of drug-likeness (QED) is 0.702. The van der Waals surface area contributed by atoms with E-state index in [1.54, 1.807) is 6.07 Å². The maximum Gasteiger partial charge on any atom is 0.416 e. The van der Waals surface area contributed by atoms with E-state index in [4.69, 9.17) is 0 Å². The molecule has 0 aliphatic carbocycles. The Morgan fingerprint density at radius 3 is 2.30 bits per heavy atom. The fraction of sp³-hybridized carbons (Fsp3) is 0.190. The molecule has 6 heteroatoms. The summed E-state index contributed by atoms with van der Waals surface area (Å²) in [6.45, 7) is 0.0256. The molecule has 0 saturated heterocycles. The number of rotatable bonds is 5. The molecule has 1 amide bonds. The third kappa shape index (κ3) is 4.86. The second kappa shape index (κ2) is 7.80. The maximum atomic E-state index is 12.5. The van der Waals surface area contributed by atoms with E-state index in [0.717, 1.165) is 22.9 Å². The van der Waals surface area contributed by atoms with Gasteiger partial charge in [0, 0.05) is 6.54 Å². The molecule has 1 atom stereocenters. The summed E-state index contributed by atoms with van der Waals surface area (Å²) in [6, 6.07) is 17.8. The molecule has 0 aliphatic heterocycles. The minimum absolute atomic E-state index is 0.0256. The summed E-state index contributed by atoms with van der Waals surface area (Å²) in [5.41, 5.74) is 0.405. The second-order valence-corrected chi connectivity index (χ2v) is 6.30. The number of carbonyl (C=O) groups excluding carboxylic acids is 1. The smallest absolute Gasteiger partial charge is 0.387 e. The van der Waals surface area contributed by atoms with Gasteiger partial charge in [0.1, 0.15) is 0 Å². The molecule has 0 fully saturated rings. The van der Waals surface area contributed by atoms with Gasteiger partial charge in [-0.25, -0.2) is 0 Å². The number of alkyl halides is 3. The highest BCUT2D eigenvalue weighted by Crippen LogP contribution is 2.29. The molecule has 2 N–H and O–H groups in total. The lowest BCUT2D eigenvalue weighted by Gasteiger charge is -2.13. The number of carbonyl (C=O) groups is 1. The minimum Gasteiger partial charge on any atom is -0.387 e. The van der Waals surface area contributed by atoms with Crippen LogP contribution in [0, 0.1) is 0 Å². The van der Waals surface area contributed by atoms with Gasteiger partial charge in [-0.1, -0.05) is 48.5 Å². The molecule has 140 valence electrons. The molecular formula is C21H18F3NO2. The molecule has 0 spiro atoms. The fourth-order valence-corrected chi connectivity index (χ4v) is 2.80. The minimum atomic E-state index is -4.40. The molecule has 0 aliphatic rings. The van der Waals surface area contributed by atoms with E-state index < -0.39 is 17.8 Å². The lowest BCUT2D eigenvalue weighted by molar-refractivity contribution is -0.137. The molecule has 0 heterocycles. The lowest BCUT2D eigenvalue weighted by Crippen LogP contribution is -2.29. The third-order valence-electron chi connectivity index (χ3n) is 4.30. The summed E-state index contributed by atoms with van der Waals surface area (Å²) < 4.78 is 37.6. The van der Waals surface area contributed by atoms with Crippen molar-refractivity contribution in [3.63, 3.8) is 0 Å². The van der Waals surface area contributed by atoms with Gasteiger partial charge in [0.2, 0.25) is 5.91 Å². The Labute approximate surface area is 154 Å². The van der Waals surface area contributed by atoms with Crippen molar-refractivity contribution in [3.05, 3.63) is 83.4 Å². The summed E-state index contributed by atoms with van der Waals surface area (Å²) in [6.07, 6.45) is -5.32. The molecule has 27 heavy (non-hydrogen) atoms. The molecular weight excluding hydrogens is 355 g/mol. The van der Waals surface area contributed by atoms with Crippen molar-refractivity contribution in [1.29, 1.82) is 0 Å². The van der Waals surface area contributed by atoms with Crippen molar-refractivity contribution >= 4 is 16.7 Å². The van der Waals surface area contributed by atoms with Crippen LogP contribution in [0.4, 0.5) is 13.2 Å². The SMILES string of the molecule is O=C(Cc1ccc(C(F)(F)F)cc1)NCC(O)c1ccc2ccccc2c1. The normalized spacial score (nSPS) is 12.7. The number of aliphatic hydroxyl groups excluding tert-OH is 1. The Hall–Kier alpha value is -2.86. The molecule has 3 nitrogen and oxygen atoms in total. The van der Waals surface area contributed by atoms with E-state index in [9.17, 15) is 23.1 Å². The Bertz CT molecular complexity index is 936. The van der Waals surface area contributed by atoms with Crippen molar-refractivity contribution in [2.45, 2.75) is 18.7 Å². The van der Waals surface area contributed by atoms with Crippen molar-refractivity contribution in [2.24, 2.45) is 0 Å². The fourth-order valence-electron chi connectivity index (χ4n) is 2.80. The summed E-state index contributed by atoms with van der Waals surface area (Å²) in [5.74, 6) is -0.366. The van der Waals surface area contributed by atoms with Crippen LogP contribution in [0.2, 0.25) is 0 Å². The number of nitrogens with one attached hydrogen (secondary N) is 1. The van der Waals surface area contributed by atoms with Gasteiger partial charge in [0.25, 0.3) is 0 Å². The molecule has 3 aromatic rings. The number of halogens is 3. The van der Waals surface area contributed by atoms with Crippen LogP contribution in [0.1, 0.15) is 22.8 Å². The monoisotopic (exact) mass is 373 g/mol. The highest BCUT2D eigenvalue weighted by atomic mass is 19.4. The highest BCUT2D eigenvalue weighted by molar-refractivity contribution is 5.83. The molecule has 0 bridgehead atoms. The summed E-state index contributed by atoms with van der Waals surface area (Å²) in [7, 11) is 0. The number of benzene rings is 3. The van der Waals surface area contributed by atoms with E-state index in [2.05, 4.69) is 5.32 Å². The maximum absolute atomic E-state index is 12.5. The zero-order chi connectivity index (χ0) is 19.4. The average molecular weight is 373 g/mol. The number of aliphatic hydroxyl groups is 1. The number of hydrogen-bond acceptors (Lipinski definition) is 2. The van der Waals surface area contributed by atoms with Crippen LogP contribution in [0.3, 0.4) is 0 Å². The summed E-state index contributed by atoms with van der Waals surface area (Å²) in [5, 5.41) is 14.9. The summed E-state index contributed by atoms with van der Waals surface area (Å²) >= 11 is 0. The van der Waals surface area contributed by atoms with E-state index in [1.165, 1.54) is 12.1 Å². The Morgan fingerprint density at radius 1 is 0.963 bits per heavy atom. The Kier molecular flexibility index (Phi) is 5.46. The van der Waals surface area contributed by atoms with Gasteiger partial charge in [0.15, 0.2) is 0 Å².